The molecule has 1 aliphatic heterocycles. The first-order valence-electron chi connectivity index (χ1n) is 10.4. The minimum Gasteiger partial charge on any atom is -0.494 e. The van der Waals surface area contributed by atoms with Crippen molar-refractivity contribution in [3.05, 3.63) is 29.8 Å². The number of unbranched alkanes of at least 4 members (excludes halogenated alkanes) is 5. The van der Waals surface area contributed by atoms with Gasteiger partial charge in [0.1, 0.15) is 5.75 Å². The Balaban J connectivity index is 1.57. The first-order chi connectivity index (χ1) is 12.7. The number of rotatable bonds is 12. The van der Waals surface area contributed by atoms with Crippen molar-refractivity contribution >= 4 is 0 Å². The van der Waals surface area contributed by atoms with Crippen LogP contribution in [0.5, 0.6) is 5.75 Å². The van der Waals surface area contributed by atoms with Gasteiger partial charge in [-0.1, -0.05) is 51.2 Å². The maximum Gasteiger partial charge on any atom is 0.119 e. The minimum atomic E-state index is -0.228. The third-order valence-electron chi connectivity index (χ3n) is 4.95. The van der Waals surface area contributed by atoms with E-state index in [0.29, 0.717) is 0 Å². The van der Waals surface area contributed by atoms with Crippen LogP contribution in [0.4, 0.5) is 0 Å². The summed E-state index contributed by atoms with van der Waals surface area (Å²) in [6.07, 6.45) is 9.21. The van der Waals surface area contributed by atoms with E-state index in [0.717, 1.165) is 44.7 Å². The fourth-order valence-corrected chi connectivity index (χ4v) is 3.51. The molecular formula is C22H37NO3. The highest BCUT2D eigenvalue weighted by Crippen LogP contribution is 2.19. The van der Waals surface area contributed by atoms with E-state index in [1.54, 1.807) is 0 Å². The van der Waals surface area contributed by atoms with E-state index in [2.05, 4.69) is 36.5 Å². The Morgan fingerprint density at radius 3 is 2.54 bits per heavy atom. The molecule has 148 valence electrons. The van der Waals surface area contributed by atoms with Gasteiger partial charge >= 0.3 is 0 Å². The SMILES string of the molecule is CCCCCCCCOc1ccc(CNC[C@@H]2C[C@H](O)CC(C)O2)cc1. The van der Waals surface area contributed by atoms with Gasteiger partial charge in [0.25, 0.3) is 0 Å². The van der Waals surface area contributed by atoms with Crippen molar-refractivity contribution in [2.24, 2.45) is 0 Å². The van der Waals surface area contributed by atoms with Gasteiger partial charge in [0, 0.05) is 19.5 Å². The molecule has 4 nitrogen and oxygen atoms in total. The molecule has 0 radical (unpaired) electrons. The number of hydrogen-bond donors (Lipinski definition) is 2. The molecule has 1 aromatic carbocycles. The zero-order valence-electron chi connectivity index (χ0n) is 16.6. The van der Waals surface area contributed by atoms with Gasteiger partial charge in [-0.25, -0.2) is 0 Å². The van der Waals surface area contributed by atoms with Crippen molar-refractivity contribution in [3.8, 4) is 5.75 Å². The number of nitrogens with one attached hydrogen (secondary N) is 1. The lowest BCUT2D eigenvalue weighted by Gasteiger charge is -2.31. The highest BCUT2D eigenvalue weighted by atomic mass is 16.5. The molecule has 0 aromatic heterocycles. The van der Waals surface area contributed by atoms with Crippen LogP contribution >= 0.6 is 0 Å². The Kier molecular flexibility index (Phi) is 10.0. The number of hydrogen-bond acceptors (Lipinski definition) is 4. The molecule has 4 heteroatoms. The topological polar surface area (TPSA) is 50.7 Å². The van der Waals surface area contributed by atoms with Crippen molar-refractivity contribution in [2.75, 3.05) is 13.2 Å². The molecule has 2 rings (SSSR count). The van der Waals surface area contributed by atoms with Gasteiger partial charge < -0.3 is 19.9 Å². The van der Waals surface area contributed by atoms with E-state index in [-0.39, 0.29) is 18.3 Å². The first kappa shape index (κ1) is 21.2. The second-order valence-corrected chi connectivity index (χ2v) is 7.59. The summed E-state index contributed by atoms with van der Waals surface area (Å²) >= 11 is 0. The van der Waals surface area contributed by atoms with E-state index in [1.807, 2.05) is 6.92 Å². The van der Waals surface area contributed by atoms with Crippen molar-refractivity contribution in [2.45, 2.75) is 90.1 Å². The van der Waals surface area contributed by atoms with Crippen LogP contribution in [0.3, 0.4) is 0 Å². The average molecular weight is 364 g/mol. The Morgan fingerprint density at radius 2 is 1.81 bits per heavy atom. The predicted molar refractivity (Wildman–Crippen MR) is 107 cm³/mol. The van der Waals surface area contributed by atoms with Gasteiger partial charge in [-0.3, -0.25) is 0 Å². The van der Waals surface area contributed by atoms with Crippen LogP contribution in [-0.4, -0.2) is 36.6 Å². The summed E-state index contributed by atoms with van der Waals surface area (Å²) in [4.78, 5) is 0. The molecule has 2 N–H and O–H groups in total. The zero-order chi connectivity index (χ0) is 18.6. The van der Waals surface area contributed by atoms with Crippen LogP contribution in [0.15, 0.2) is 24.3 Å². The number of ether oxygens (including phenoxy) is 2. The lowest BCUT2D eigenvalue weighted by molar-refractivity contribution is -0.0858. The van der Waals surface area contributed by atoms with Gasteiger partial charge in [0.2, 0.25) is 0 Å². The third-order valence-corrected chi connectivity index (χ3v) is 4.95. The molecule has 1 aromatic rings. The summed E-state index contributed by atoms with van der Waals surface area (Å²) in [7, 11) is 0. The number of aliphatic hydroxyl groups is 1. The molecule has 0 spiro atoms. The van der Waals surface area contributed by atoms with Gasteiger partial charge in [-0.05, 0) is 37.5 Å². The summed E-state index contributed by atoms with van der Waals surface area (Å²) in [6.45, 7) is 6.67. The average Bonchev–Trinajstić information content (AvgIpc) is 2.61. The van der Waals surface area contributed by atoms with Crippen LogP contribution in [0.2, 0.25) is 0 Å². The molecule has 26 heavy (non-hydrogen) atoms. The molecule has 0 bridgehead atoms. The van der Waals surface area contributed by atoms with Crippen LogP contribution in [0.25, 0.3) is 0 Å². The van der Waals surface area contributed by atoms with Gasteiger partial charge in [0.05, 0.1) is 24.9 Å². The Labute approximate surface area is 159 Å². The van der Waals surface area contributed by atoms with Gasteiger partial charge in [0.15, 0.2) is 0 Å². The summed E-state index contributed by atoms with van der Waals surface area (Å²) in [5.41, 5.74) is 1.24. The molecule has 1 heterocycles. The van der Waals surface area contributed by atoms with Crippen molar-refractivity contribution < 1.29 is 14.6 Å². The Hall–Kier alpha value is -1.10. The Bertz CT molecular complexity index is 467. The molecule has 1 saturated heterocycles. The maximum absolute atomic E-state index is 9.82. The summed E-state index contributed by atoms with van der Waals surface area (Å²) in [6, 6.07) is 8.33. The highest BCUT2D eigenvalue weighted by Gasteiger charge is 2.25. The second-order valence-electron chi connectivity index (χ2n) is 7.59. The number of aliphatic hydroxyl groups excluding tert-OH is 1. The molecule has 0 aliphatic carbocycles. The normalized spacial score (nSPS) is 23.1. The lowest BCUT2D eigenvalue weighted by atomic mass is 10.0. The second kappa shape index (κ2) is 12.3. The highest BCUT2D eigenvalue weighted by molar-refractivity contribution is 5.27. The quantitative estimate of drug-likeness (QED) is 0.539. The van der Waals surface area contributed by atoms with Crippen LogP contribution < -0.4 is 10.1 Å². The molecule has 1 unspecified atom stereocenters. The molecule has 0 amide bonds. The van der Waals surface area contributed by atoms with Crippen molar-refractivity contribution in [3.63, 3.8) is 0 Å². The first-order valence-corrected chi connectivity index (χ1v) is 10.4. The molecule has 3 atom stereocenters. The predicted octanol–water partition coefficient (Wildman–Crippen LogP) is 4.44. The van der Waals surface area contributed by atoms with Crippen LogP contribution in [-0.2, 0) is 11.3 Å². The smallest absolute Gasteiger partial charge is 0.119 e. The number of benzene rings is 1. The summed E-state index contributed by atoms with van der Waals surface area (Å²) < 4.78 is 11.7. The van der Waals surface area contributed by atoms with E-state index in [4.69, 9.17) is 9.47 Å². The van der Waals surface area contributed by atoms with Gasteiger partial charge in [-0.2, -0.15) is 0 Å². The fourth-order valence-electron chi connectivity index (χ4n) is 3.51. The zero-order valence-corrected chi connectivity index (χ0v) is 16.6. The molecule has 1 aliphatic rings. The van der Waals surface area contributed by atoms with Crippen molar-refractivity contribution in [1.29, 1.82) is 0 Å². The third kappa shape index (κ3) is 8.52. The Morgan fingerprint density at radius 1 is 1.08 bits per heavy atom. The van der Waals surface area contributed by atoms with E-state index >= 15 is 0 Å². The van der Waals surface area contributed by atoms with Crippen LogP contribution in [0, 0.1) is 0 Å². The maximum atomic E-state index is 9.82. The molecule has 0 saturated carbocycles. The van der Waals surface area contributed by atoms with E-state index < -0.39 is 0 Å². The lowest BCUT2D eigenvalue weighted by Crippen LogP contribution is -2.39. The monoisotopic (exact) mass is 363 g/mol. The standard InChI is InChI=1S/C22H37NO3/c1-3-4-5-6-7-8-13-25-21-11-9-19(10-12-21)16-23-17-22-15-20(24)14-18(2)26-22/h9-12,18,20,22-24H,3-8,13-17H2,1-2H3/t18?,20-,22+/m1/s1. The van der Waals surface area contributed by atoms with E-state index in [9.17, 15) is 5.11 Å². The van der Waals surface area contributed by atoms with Crippen molar-refractivity contribution in [1.82, 2.24) is 5.32 Å². The minimum absolute atomic E-state index is 0.105. The summed E-state index contributed by atoms with van der Waals surface area (Å²) in [5.74, 6) is 0.954. The van der Waals surface area contributed by atoms with Crippen LogP contribution in [0.1, 0.15) is 70.8 Å². The molecule has 1 fully saturated rings. The molecular weight excluding hydrogens is 326 g/mol. The largest absolute Gasteiger partial charge is 0.494 e. The fraction of sp³-hybridized carbons (Fsp3) is 0.727. The van der Waals surface area contributed by atoms with Gasteiger partial charge in [-0.15, -0.1) is 0 Å². The summed E-state index contributed by atoms with van der Waals surface area (Å²) in [5, 5.41) is 13.2. The van der Waals surface area contributed by atoms with E-state index in [1.165, 1.54) is 37.7 Å².